The van der Waals surface area contributed by atoms with E-state index in [1.54, 1.807) is 6.07 Å². The van der Waals surface area contributed by atoms with Gasteiger partial charge in [0.2, 0.25) is 0 Å². The van der Waals surface area contributed by atoms with E-state index in [-0.39, 0.29) is 12.4 Å². The average Bonchev–Trinajstić information content (AvgIpc) is 1.89. The number of methoxy groups -OCH3 is 1. The van der Waals surface area contributed by atoms with Gasteiger partial charge >= 0.3 is 5.97 Å². The van der Waals surface area contributed by atoms with Crippen LogP contribution in [0.1, 0.15) is 6.42 Å². The number of ether oxygens (including phenoxy) is 1. The summed E-state index contributed by atoms with van der Waals surface area (Å²) in [7, 11) is 1.31. The van der Waals surface area contributed by atoms with Crippen molar-refractivity contribution < 1.29 is 9.53 Å². The molecular formula is C6H7NO2. The van der Waals surface area contributed by atoms with Gasteiger partial charge in [-0.3, -0.25) is 4.79 Å². The summed E-state index contributed by atoms with van der Waals surface area (Å²) < 4.78 is 4.30. The maximum Gasteiger partial charge on any atom is 0.309 e. The Balaban J connectivity index is 3.41. The Bertz CT molecular complexity index is 155. The first kappa shape index (κ1) is 7.70. The third-order valence-electron chi connectivity index (χ3n) is 0.705. The Kier molecular flexibility index (Phi) is 4.15. The zero-order valence-corrected chi connectivity index (χ0v) is 5.13. The minimum Gasteiger partial charge on any atom is -0.469 e. The second kappa shape index (κ2) is 4.85. The van der Waals surface area contributed by atoms with Crippen molar-refractivity contribution >= 4 is 5.97 Å². The summed E-state index contributed by atoms with van der Waals surface area (Å²) >= 11 is 0. The van der Waals surface area contributed by atoms with E-state index in [0.717, 1.165) is 0 Å². The van der Waals surface area contributed by atoms with Gasteiger partial charge in [-0.25, -0.2) is 0 Å². The van der Waals surface area contributed by atoms with Gasteiger partial charge in [-0.2, -0.15) is 5.26 Å². The van der Waals surface area contributed by atoms with E-state index < -0.39 is 0 Å². The number of hydrogen-bond acceptors (Lipinski definition) is 3. The summed E-state index contributed by atoms with van der Waals surface area (Å²) in [6, 6.07) is 1.76. The monoisotopic (exact) mass is 125 g/mol. The molecule has 0 aliphatic carbocycles. The maximum atomic E-state index is 10.3. The van der Waals surface area contributed by atoms with Crippen molar-refractivity contribution in [3.8, 4) is 6.07 Å². The van der Waals surface area contributed by atoms with E-state index in [9.17, 15) is 4.79 Å². The van der Waals surface area contributed by atoms with Crippen LogP contribution < -0.4 is 0 Å². The number of carbonyl (C=O) groups excluding carboxylic acids is 1. The highest BCUT2D eigenvalue weighted by Crippen LogP contribution is 1.84. The Morgan fingerprint density at radius 1 is 1.89 bits per heavy atom. The number of rotatable bonds is 2. The molecule has 0 saturated heterocycles. The Hall–Kier alpha value is -1.30. The highest BCUT2D eigenvalue weighted by atomic mass is 16.5. The quantitative estimate of drug-likeness (QED) is 0.401. The van der Waals surface area contributed by atoms with E-state index in [4.69, 9.17) is 5.26 Å². The predicted molar refractivity (Wildman–Crippen MR) is 31.4 cm³/mol. The fourth-order valence-corrected chi connectivity index (χ4v) is 0.291. The summed E-state index contributed by atoms with van der Waals surface area (Å²) in [5.74, 6) is -0.332. The molecule has 0 amide bonds. The number of carbonyl (C=O) groups is 1. The Labute approximate surface area is 53.5 Å². The standard InChI is InChI=1S/C6H7NO2/c1-9-6(8)4-2-3-5-7/h2-3H,4H2,1H3/b3-2-. The molecule has 0 unspecified atom stereocenters. The van der Waals surface area contributed by atoms with Crippen molar-refractivity contribution in [3.63, 3.8) is 0 Å². The van der Waals surface area contributed by atoms with Crippen LogP contribution in [0.2, 0.25) is 0 Å². The molecule has 0 atom stereocenters. The summed E-state index contributed by atoms with van der Waals surface area (Å²) in [6.45, 7) is 0. The van der Waals surface area contributed by atoms with Crippen LogP contribution in [0.4, 0.5) is 0 Å². The minimum absolute atomic E-state index is 0.171. The molecule has 0 spiro atoms. The first-order valence-electron chi connectivity index (χ1n) is 2.42. The number of nitriles is 1. The van der Waals surface area contributed by atoms with Crippen LogP contribution in [0.15, 0.2) is 12.2 Å². The predicted octanol–water partition coefficient (Wildman–Crippen LogP) is 0.629. The maximum absolute atomic E-state index is 10.3. The van der Waals surface area contributed by atoms with Crippen LogP contribution >= 0.6 is 0 Å². The zero-order valence-electron chi connectivity index (χ0n) is 5.13. The minimum atomic E-state index is -0.332. The second-order valence-electron chi connectivity index (χ2n) is 1.31. The lowest BCUT2D eigenvalue weighted by Crippen LogP contribution is -1.96. The highest BCUT2D eigenvalue weighted by Gasteiger charge is 1.91. The summed E-state index contributed by atoms with van der Waals surface area (Å²) in [6.07, 6.45) is 2.87. The Morgan fingerprint density at radius 3 is 3.00 bits per heavy atom. The molecule has 0 aromatic heterocycles. The van der Waals surface area contributed by atoms with Gasteiger partial charge in [-0.15, -0.1) is 0 Å². The molecule has 0 aliphatic heterocycles. The number of hydrogen-bond donors (Lipinski definition) is 0. The lowest BCUT2D eigenvalue weighted by Gasteiger charge is -1.89. The van der Waals surface area contributed by atoms with Crippen molar-refractivity contribution in [2.75, 3.05) is 7.11 Å². The molecule has 0 heterocycles. The Morgan fingerprint density at radius 2 is 2.56 bits per heavy atom. The average molecular weight is 125 g/mol. The third kappa shape index (κ3) is 4.56. The van der Waals surface area contributed by atoms with E-state index >= 15 is 0 Å². The number of allylic oxidation sites excluding steroid dienone is 1. The van der Waals surface area contributed by atoms with Gasteiger partial charge in [-0.05, 0) is 0 Å². The zero-order chi connectivity index (χ0) is 7.11. The smallest absolute Gasteiger partial charge is 0.309 e. The van der Waals surface area contributed by atoms with Crippen LogP contribution in [-0.2, 0) is 9.53 Å². The molecule has 3 nitrogen and oxygen atoms in total. The molecule has 0 aromatic rings. The van der Waals surface area contributed by atoms with Crippen LogP contribution in [0, 0.1) is 11.3 Å². The van der Waals surface area contributed by atoms with Gasteiger partial charge in [0.25, 0.3) is 0 Å². The van der Waals surface area contributed by atoms with E-state index in [0.29, 0.717) is 0 Å². The summed E-state index contributed by atoms with van der Waals surface area (Å²) in [5, 5.41) is 7.96. The lowest BCUT2D eigenvalue weighted by atomic mass is 10.4. The summed E-state index contributed by atoms with van der Waals surface area (Å²) in [5.41, 5.74) is 0. The molecule has 0 fully saturated rings. The van der Waals surface area contributed by atoms with Crippen molar-refractivity contribution in [3.05, 3.63) is 12.2 Å². The van der Waals surface area contributed by atoms with Gasteiger partial charge in [0, 0.05) is 6.08 Å². The van der Waals surface area contributed by atoms with Crippen molar-refractivity contribution in [2.45, 2.75) is 6.42 Å². The lowest BCUT2D eigenvalue weighted by molar-refractivity contribution is -0.139. The normalized spacial score (nSPS) is 8.89. The van der Waals surface area contributed by atoms with Crippen molar-refractivity contribution in [1.82, 2.24) is 0 Å². The number of esters is 1. The molecule has 0 rings (SSSR count). The first-order valence-corrected chi connectivity index (χ1v) is 2.42. The molecule has 0 aliphatic rings. The second-order valence-corrected chi connectivity index (χ2v) is 1.31. The molecule has 48 valence electrons. The molecule has 3 heteroatoms. The van der Waals surface area contributed by atoms with Crippen LogP contribution in [0.25, 0.3) is 0 Å². The molecule has 0 aromatic carbocycles. The number of nitrogens with zero attached hydrogens (tertiary/aromatic N) is 1. The third-order valence-corrected chi connectivity index (χ3v) is 0.705. The van der Waals surface area contributed by atoms with Gasteiger partial charge in [0.15, 0.2) is 0 Å². The van der Waals surface area contributed by atoms with Crippen molar-refractivity contribution in [2.24, 2.45) is 0 Å². The van der Waals surface area contributed by atoms with Crippen LogP contribution in [0.3, 0.4) is 0 Å². The molecule has 0 radical (unpaired) electrons. The topological polar surface area (TPSA) is 50.1 Å². The first-order chi connectivity index (χ1) is 4.31. The van der Waals surface area contributed by atoms with Gasteiger partial charge in [0.1, 0.15) is 0 Å². The fourth-order valence-electron chi connectivity index (χ4n) is 0.291. The van der Waals surface area contributed by atoms with E-state index in [1.807, 2.05) is 0 Å². The van der Waals surface area contributed by atoms with Crippen LogP contribution in [0.5, 0.6) is 0 Å². The summed E-state index contributed by atoms with van der Waals surface area (Å²) in [4.78, 5) is 10.3. The van der Waals surface area contributed by atoms with Gasteiger partial charge < -0.3 is 4.74 Å². The van der Waals surface area contributed by atoms with Gasteiger partial charge in [-0.1, -0.05) is 6.08 Å². The van der Waals surface area contributed by atoms with E-state index in [2.05, 4.69) is 4.74 Å². The van der Waals surface area contributed by atoms with Crippen molar-refractivity contribution in [1.29, 1.82) is 5.26 Å². The molecule has 0 N–H and O–H groups in total. The highest BCUT2D eigenvalue weighted by molar-refractivity contribution is 5.70. The molecule has 9 heavy (non-hydrogen) atoms. The van der Waals surface area contributed by atoms with Crippen LogP contribution in [-0.4, -0.2) is 13.1 Å². The fraction of sp³-hybridized carbons (Fsp3) is 0.333. The molecule has 0 saturated carbocycles. The molecular weight excluding hydrogens is 118 g/mol. The SMILES string of the molecule is COC(=O)C/C=C\C#N. The van der Waals surface area contributed by atoms with Gasteiger partial charge in [0.05, 0.1) is 19.6 Å². The largest absolute Gasteiger partial charge is 0.469 e. The molecule has 0 bridgehead atoms. The van der Waals surface area contributed by atoms with E-state index in [1.165, 1.54) is 19.3 Å².